The van der Waals surface area contributed by atoms with E-state index in [0.717, 1.165) is 16.4 Å². The van der Waals surface area contributed by atoms with Crippen molar-refractivity contribution in [1.82, 2.24) is 4.31 Å². The molecule has 1 fully saturated rings. The van der Waals surface area contributed by atoms with Gasteiger partial charge < -0.3 is 5.11 Å². The molecular weight excluding hydrogens is 303 g/mol. The number of rotatable bonds is 4. The predicted octanol–water partition coefficient (Wildman–Crippen LogP) is 1.19. The number of nitro groups is 1. The number of aryl methyl sites for hydroxylation is 1. The van der Waals surface area contributed by atoms with Crippen LogP contribution in [0.4, 0.5) is 10.1 Å². The second-order valence-electron chi connectivity index (χ2n) is 4.92. The van der Waals surface area contributed by atoms with Crippen molar-refractivity contribution in [3.05, 3.63) is 33.6 Å². The van der Waals surface area contributed by atoms with Crippen LogP contribution in [-0.4, -0.2) is 41.9 Å². The molecule has 116 valence electrons. The van der Waals surface area contributed by atoms with Gasteiger partial charge in [-0.2, -0.15) is 8.70 Å². The normalized spacial score (nSPS) is 19.9. The average molecular weight is 318 g/mol. The maximum absolute atomic E-state index is 13.7. The lowest BCUT2D eigenvalue weighted by molar-refractivity contribution is -0.387. The van der Waals surface area contributed by atoms with Gasteiger partial charge in [0.25, 0.3) is 0 Å². The molecule has 0 aromatic heterocycles. The number of hydrogen-bond donors (Lipinski definition) is 1. The van der Waals surface area contributed by atoms with Gasteiger partial charge in [0.2, 0.25) is 15.8 Å². The predicted molar refractivity (Wildman–Crippen MR) is 71.8 cm³/mol. The Labute approximate surface area is 121 Å². The van der Waals surface area contributed by atoms with Crippen molar-refractivity contribution in [2.75, 3.05) is 13.2 Å². The van der Waals surface area contributed by atoms with Gasteiger partial charge in [-0.05, 0) is 31.4 Å². The first-order chi connectivity index (χ1) is 9.78. The lowest BCUT2D eigenvalue weighted by atomic mass is 10.2. The summed E-state index contributed by atoms with van der Waals surface area (Å²) >= 11 is 0. The van der Waals surface area contributed by atoms with Gasteiger partial charge in [0.05, 0.1) is 16.4 Å². The van der Waals surface area contributed by atoms with Crippen LogP contribution < -0.4 is 0 Å². The van der Waals surface area contributed by atoms with E-state index >= 15 is 0 Å². The van der Waals surface area contributed by atoms with Crippen molar-refractivity contribution in [3.8, 4) is 0 Å². The van der Waals surface area contributed by atoms with E-state index in [1.54, 1.807) is 0 Å². The largest absolute Gasteiger partial charge is 0.395 e. The molecular formula is C12H15FN2O5S. The highest BCUT2D eigenvalue weighted by atomic mass is 32.2. The third-order valence-corrected chi connectivity index (χ3v) is 5.48. The molecule has 9 heteroatoms. The number of sulfonamides is 1. The molecule has 1 heterocycles. The van der Waals surface area contributed by atoms with Crippen LogP contribution in [0.3, 0.4) is 0 Å². The zero-order valence-corrected chi connectivity index (χ0v) is 12.1. The maximum atomic E-state index is 13.7. The van der Waals surface area contributed by atoms with Crippen LogP contribution in [0.25, 0.3) is 0 Å². The number of nitrogens with zero attached hydrogens (tertiary/aromatic N) is 2. The molecule has 0 spiro atoms. The van der Waals surface area contributed by atoms with Crippen LogP contribution in [0.1, 0.15) is 18.4 Å². The van der Waals surface area contributed by atoms with Crippen molar-refractivity contribution in [3.63, 3.8) is 0 Å². The Bertz CT molecular complexity index is 676. The number of halogens is 1. The molecule has 2 rings (SSSR count). The summed E-state index contributed by atoms with van der Waals surface area (Å²) in [5, 5.41) is 20.0. The Hall–Kier alpha value is -1.58. The molecule has 0 radical (unpaired) electrons. The summed E-state index contributed by atoms with van der Waals surface area (Å²) in [4.78, 5) is 9.54. The van der Waals surface area contributed by atoms with Crippen LogP contribution in [-0.2, 0) is 10.0 Å². The van der Waals surface area contributed by atoms with Gasteiger partial charge in [-0.3, -0.25) is 10.1 Å². The molecule has 1 N–H and O–H groups in total. The van der Waals surface area contributed by atoms with Gasteiger partial charge in [0.1, 0.15) is 0 Å². The van der Waals surface area contributed by atoms with E-state index in [2.05, 4.69) is 0 Å². The molecule has 7 nitrogen and oxygen atoms in total. The van der Waals surface area contributed by atoms with Gasteiger partial charge in [0.15, 0.2) is 0 Å². The van der Waals surface area contributed by atoms with E-state index in [-0.39, 0.29) is 23.6 Å². The quantitative estimate of drug-likeness (QED) is 0.664. The number of aliphatic hydroxyl groups is 1. The SMILES string of the molecule is Cc1cc(S(=O)(=O)N2CCC[C@H]2CO)cc([N+](=O)[O-])c1F. The summed E-state index contributed by atoms with van der Waals surface area (Å²) in [5.74, 6) is -1.04. The summed E-state index contributed by atoms with van der Waals surface area (Å²) in [6, 6.07) is 1.26. The molecule has 1 saturated heterocycles. The van der Waals surface area contributed by atoms with Crippen LogP contribution in [0, 0.1) is 22.9 Å². The molecule has 0 bridgehead atoms. The van der Waals surface area contributed by atoms with E-state index in [9.17, 15) is 28.0 Å². The molecule has 0 amide bonds. The standard InChI is InChI=1S/C12H15FN2O5S/c1-8-5-10(6-11(12(8)13)15(17)18)21(19,20)14-4-2-3-9(14)7-16/h5-6,9,16H,2-4,7H2,1H3/t9-/m0/s1. The monoisotopic (exact) mass is 318 g/mol. The van der Waals surface area contributed by atoms with E-state index in [4.69, 9.17) is 0 Å². The lowest BCUT2D eigenvalue weighted by Crippen LogP contribution is -2.37. The Morgan fingerprint density at radius 3 is 2.76 bits per heavy atom. The van der Waals surface area contributed by atoms with Crippen molar-refractivity contribution in [2.24, 2.45) is 0 Å². The van der Waals surface area contributed by atoms with E-state index in [1.165, 1.54) is 6.92 Å². The van der Waals surface area contributed by atoms with Crippen LogP contribution in [0.15, 0.2) is 17.0 Å². The van der Waals surface area contributed by atoms with E-state index in [0.29, 0.717) is 12.8 Å². The molecule has 0 unspecified atom stereocenters. The zero-order valence-electron chi connectivity index (χ0n) is 11.3. The van der Waals surface area contributed by atoms with E-state index in [1.807, 2.05) is 0 Å². The molecule has 21 heavy (non-hydrogen) atoms. The number of nitro benzene ring substituents is 1. The molecule has 1 aromatic carbocycles. The molecule has 1 aliphatic heterocycles. The van der Waals surface area contributed by atoms with Gasteiger partial charge >= 0.3 is 5.69 Å². The first kappa shape index (κ1) is 15.8. The summed E-state index contributed by atoms with van der Waals surface area (Å²) in [7, 11) is -3.99. The highest BCUT2D eigenvalue weighted by Crippen LogP contribution is 2.30. The fraction of sp³-hybridized carbons (Fsp3) is 0.500. The molecule has 1 aromatic rings. The number of aliphatic hydroxyl groups excluding tert-OH is 1. The molecule has 1 atom stereocenters. The second kappa shape index (κ2) is 5.66. The fourth-order valence-corrected chi connectivity index (χ4v) is 4.23. The highest BCUT2D eigenvalue weighted by molar-refractivity contribution is 7.89. The van der Waals surface area contributed by atoms with Crippen LogP contribution in [0.2, 0.25) is 0 Å². The van der Waals surface area contributed by atoms with E-state index < -0.39 is 32.5 Å². The van der Waals surface area contributed by atoms with Gasteiger partial charge in [0, 0.05) is 18.7 Å². The van der Waals surface area contributed by atoms with Gasteiger partial charge in [-0.15, -0.1) is 0 Å². The Kier molecular flexibility index (Phi) is 4.26. The number of hydrogen-bond acceptors (Lipinski definition) is 5. The average Bonchev–Trinajstić information content (AvgIpc) is 2.90. The van der Waals surface area contributed by atoms with Crippen molar-refractivity contribution >= 4 is 15.7 Å². The molecule has 0 aliphatic carbocycles. The van der Waals surface area contributed by atoms with Gasteiger partial charge in [-0.25, -0.2) is 8.42 Å². The van der Waals surface area contributed by atoms with Crippen molar-refractivity contribution in [2.45, 2.75) is 30.7 Å². The Morgan fingerprint density at radius 2 is 2.19 bits per heavy atom. The van der Waals surface area contributed by atoms with Crippen molar-refractivity contribution < 1.29 is 22.8 Å². The maximum Gasteiger partial charge on any atom is 0.306 e. The lowest BCUT2D eigenvalue weighted by Gasteiger charge is -2.22. The summed E-state index contributed by atoms with van der Waals surface area (Å²) < 4.78 is 39.8. The first-order valence-electron chi connectivity index (χ1n) is 6.36. The zero-order chi connectivity index (χ0) is 15.8. The Balaban J connectivity index is 2.53. The summed E-state index contributed by atoms with van der Waals surface area (Å²) in [6.07, 6.45) is 1.13. The minimum Gasteiger partial charge on any atom is -0.395 e. The minimum atomic E-state index is -3.99. The van der Waals surface area contributed by atoms with Gasteiger partial charge in [-0.1, -0.05) is 0 Å². The smallest absolute Gasteiger partial charge is 0.306 e. The number of benzene rings is 1. The summed E-state index contributed by atoms with van der Waals surface area (Å²) in [6.45, 7) is 1.19. The second-order valence-corrected chi connectivity index (χ2v) is 6.82. The first-order valence-corrected chi connectivity index (χ1v) is 7.80. The van der Waals surface area contributed by atoms with Crippen LogP contribution in [0.5, 0.6) is 0 Å². The summed E-state index contributed by atoms with van der Waals surface area (Å²) in [5.41, 5.74) is -0.976. The molecule has 0 saturated carbocycles. The molecule has 1 aliphatic rings. The van der Waals surface area contributed by atoms with Crippen molar-refractivity contribution in [1.29, 1.82) is 0 Å². The van der Waals surface area contributed by atoms with Crippen LogP contribution >= 0.6 is 0 Å². The minimum absolute atomic E-state index is 0.109. The third-order valence-electron chi connectivity index (χ3n) is 3.55. The fourth-order valence-electron chi connectivity index (χ4n) is 2.44. The highest BCUT2D eigenvalue weighted by Gasteiger charge is 2.36. The third kappa shape index (κ3) is 2.76. The Morgan fingerprint density at radius 1 is 1.52 bits per heavy atom. The topological polar surface area (TPSA) is 101 Å².